The van der Waals surface area contributed by atoms with Crippen LogP contribution in [0.4, 0.5) is 4.39 Å². The summed E-state index contributed by atoms with van der Waals surface area (Å²) in [5.41, 5.74) is 0.956. The molecule has 0 bridgehead atoms. The Morgan fingerprint density at radius 1 is 1.32 bits per heavy atom. The molecule has 4 heteroatoms. The van der Waals surface area contributed by atoms with Gasteiger partial charge >= 0.3 is 0 Å². The Bertz CT molecular complexity index is 419. The quantitative estimate of drug-likeness (QED) is 0.856. The van der Waals surface area contributed by atoms with E-state index in [1.165, 1.54) is 12.1 Å². The Kier molecular flexibility index (Phi) is 4.91. The van der Waals surface area contributed by atoms with Crippen LogP contribution in [0.25, 0.3) is 0 Å². The van der Waals surface area contributed by atoms with Crippen molar-refractivity contribution in [3.05, 3.63) is 35.6 Å². The predicted molar refractivity (Wildman–Crippen MR) is 71.1 cm³/mol. The fourth-order valence-corrected chi connectivity index (χ4v) is 2.50. The van der Waals surface area contributed by atoms with E-state index in [9.17, 15) is 14.3 Å². The van der Waals surface area contributed by atoms with Crippen molar-refractivity contribution in [1.82, 2.24) is 5.32 Å². The number of benzene rings is 1. The van der Waals surface area contributed by atoms with Gasteiger partial charge in [0, 0.05) is 18.9 Å². The molecule has 2 atom stereocenters. The van der Waals surface area contributed by atoms with E-state index in [2.05, 4.69) is 5.32 Å². The summed E-state index contributed by atoms with van der Waals surface area (Å²) in [5, 5.41) is 12.5. The molecular weight excluding hydrogens is 245 g/mol. The smallest absolute Gasteiger partial charge is 0.220 e. The molecule has 0 aromatic heterocycles. The number of aliphatic hydroxyl groups is 1. The molecule has 0 spiro atoms. The number of aliphatic hydroxyl groups excluding tert-OH is 1. The Hall–Kier alpha value is -1.42. The highest BCUT2D eigenvalue weighted by Gasteiger charge is 2.25. The maximum absolute atomic E-state index is 12.7. The van der Waals surface area contributed by atoms with E-state index < -0.39 is 0 Å². The van der Waals surface area contributed by atoms with Crippen molar-refractivity contribution in [2.24, 2.45) is 5.92 Å². The first-order chi connectivity index (χ1) is 9.15. The van der Waals surface area contributed by atoms with Crippen molar-refractivity contribution in [1.29, 1.82) is 0 Å². The van der Waals surface area contributed by atoms with Crippen LogP contribution in [0.3, 0.4) is 0 Å². The lowest BCUT2D eigenvalue weighted by atomic mass is 10.1. The van der Waals surface area contributed by atoms with Gasteiger partial charge < -0.3 is 10.4 Å². The summed E-state index contributed by atoms with van der Waals surface area (Å²) in [4.78, 5) is 11.7. The fourth-order valence-electron chi connectivity index (χ4n) is 2.50. The molecule has 19 heavy (non-hydrogen) atoms. The van der Waals surface area contributed by atoms with E-state index >= 15 is 0 Å². The molecule has 2 N–H and O–H groups in total. The Balaban J connectivity index is 1.68. The van der Waals surface area contributed by atoms with Crippen LogP contribution in [0.5, 0.6) is 0 Å². The van der Waals surface area contributed by atoms with Gasteiger partial charge in [-0.05, 0) is 37.0 Å². The van der Waals surface area contributed by atoms with Crippen LogP contribution < -0.4 is 5.32 Å². The first-order valence-corrected chi connectivity index (χ1v) is 6.84. The third-order valence-corrected chi connectivity index (χ3v) is 3.73. The summed E-state index contributed by atoms with van der Waals surface area (Å²) in [6.45, 7) is 0.559. The molecule has 1 fully saturated rings. The zero-order valence-electron chi connectivity index (χ0n) is 10.9. The molecular formula is C15H20FNO2. The third kappa shape index (κ3) is 4.31. The highest BCUT2D eigenvalue weighted by atomic mass is 19.1. The number of carbonyl (C=O) groups is 1. The topological polar surface area (TPSA) is 49.3 Å². The standard InChI is InChI=1S/C15H20FNO2/c16-13-7-4-11(5-8-13)6-9-15(19)17-10-12-2-1-3-14(12)18/h4-5,7-8,12,14,18H,1-3,6,9-10H2,(H,17,19). The highest BCUT2D eigenvalue weighted by Crippen LogP contribution is 2.24. The maximum atomic E-state index is 12.7. The largest absolute Gasteiger partial charge is 0.393 e. The SMILES string of the molecule is O=C(CCc1ccc(F)cc1)NCC1CCCC1O. The lowest BCUT2D eigenvalue weighted by Gasteiger charge is -2.15. The molecule has 1 saturated carbocycles. The molecule has 0 heterocycles. The second-order valence-corrected chi connectivity index (χ2v) is 5.19. The fraction of sp³-hybridized carbons (Fsp3) is 0.533. The van der Waals surface area contributed by atoms with Gasteiger partial charge in [0.05, 0.1) is 6.10 Å². The van der Waals surface area contributed by atoms with Crippen LogP contribution in [-0.2, 0) is 11.2 Å². The number of carbonyl (C=O) groups excluding carboxylic acids is 1. The van der Waals surface area contributed by atoms with Crippen LogP contribution in [0.15, 0.2) is 24.3 Å². The summed E-state index contributed by atoms with van der Waals surface area (Å²) in [7, 11) is 0. The van der Waals surface area contributed by atoms with Crippen LogP contribution in [-0.4, -0.2) is 23.7 Å². The van der Waals surface area contributed by atoms with Crippen LogP contribution in [0, 0.1) is 11.7 Å². The Morgan fingerprint density at radius 3 is 2.68 bits per heavy atom. The zero-order chi connectivity index (χ0) is 13.7. The van der Waals surface area contributed by atoms with Gasteiger partial charge in [0.25, 0.3) is 0 Å². The normalized spacial score (nSPS) is 22.4. The number of hydrogen-bond donors (Lipinski definition) is 2. The molecule has 1 amide bonds. The first-order valence-electron chi connectivity index (χ1n) is 6.84. The average molecular weight is 265 g/mol. The molecule has 1 aliphatic rings. The zero-order valence-corrected chi connectivity index (χ0v) is 10.9. The number of aryl methyl sites for hydroxylation is 1. The van der Waals surface area contributed by atoms with E-state index in [1.807, 2.05) is 0 Å². The van der Waals surface area contributed by atoms with E-state index in [1.54, 1.807) is 12.1 Å². The molecule has 0 radical (unpaired) electrons. The number of rotatable bonds is 5. The molecule has 1 aromatic carbocycles. The van der Waals surface area contributed by atoms with E-state index in [0.29, 0.717) is 19.4 Å². The Labute approximate surface area is 112 Å². The van der Waals surface area contributed by atoms with Gasteiger partial charge in [0.1, 0.15) is 5.82 Å². The summed E-state index contributed by atoms with van der Waals surface area (Å²) in [6, 6.07) is 6.21. The van der Waals surface area contributed by atoms with Gasteiger partial charge in [-0.15, -0.1) is 0 Å². The summed E-state index contributed by atoms with van der Waals surface area (Å²) in [6.07, 6.45) is 3.61. The van der Waals surface area contributed by atoms with Gasteiger partial charge in [-0.25, -0.2) is 4.39 Å². The number of halogens is 1. The molecule has 2 rings (SSSR count). The minimum atomic E-state index is -0.266. The third-order valence-electron chi connectivity index (χ3n) is 3.73. The van der Waals surface area contributed by atoms with Crippen LogP contribution in [0.1, 0.15) is 31.2 Å². The van der Waals surface area contributed by atoms with Crippen molar-refractivity contribution >= 4 is 5.91 Å². The van der Waals surface area contributed by atoms with Crippen LogP contribution in [0.2, 0.25) is 0 Å². The van der Waals surface area contributed by atoms with E-state index in [-0.39, 0.29) is 23.7 Å². The summed E-state index contributed by atoms with van der Waals surface area (Å²) >= 11 is 0. The van der Waals surface area contributed by atoms with Gasteiger partial charge in [0.2, 0.25) is 5.91 Å². The molecule has 2 unspecified atom stereocenters. The maximum Gasteiger partial charge on any atom is 0.220 e. The molecule has 3 nitrogen and oxygen atoms in total. The van der Waals surface area contributed by atoms with E-state index in [4.69, 9.17) is 0 Å². The lowest BCUT2D eigenvalue weighted by Crippen LogP contribution is -2.32. The van der Waals surface area contributed by atoms with Gasteiger partial charge in [-0.2, -0.15) is 0 Å². The minimum absolute atomic E-state index is 0.0107. The second kappa shape index (κ2) is 6.66. The summed E-state index contributed by atoms with van der Waals surface area (Å²) in [5.74, 6) is -0.0679. The van der Waals surface area contributed by atoms with Gasteiger partial charge in [-0.1, -0.05) is 18.6 Å². The molecule has 1 aromatic rings. The first kappa shape index (κ1) is 14.0. The predicted octanol–water partition coefficient (Wildman–Crippen LogP) is 2.04. The van der Waals surface area contributed by atoms with Crippen LogP contribution >= 0.6 is 0 Å². The number of amides is 1. The van der Waals surface area contributed by atoms with E-state index in [0.717, 1.165) is 24.8 Å². The van der Waals surface area contributed by atoms with Gasteiger partial charge in [-0.3, -0.25) is 4.79 Å². The van der Waals surface area contributed by atoms with Crippen molar-refractivity contribution in [3.8, 4) is 0 Å². The number of nitrogens with one attached hydrogen (secondary N) is 1. The molecule has 0 aliphatic heterocycles. The molecule has 104 valence electrons. The van der Waals surface area contributed by atoms with Crippen molar-refractivity contribution in [3.63, 3.8) is 0 Å². The minimum Gasteiger partial charge on any atom is -0.393 e. The van der Waals surface area contributed by atoms with Gasteiger partial charge in [0.15, 0.2) is 0 Å². The second-order valence-electron chi connectivity index (χ2n) is 5.19. The van der Waals surface area contributed by atoms with Crippen molar-refractivity contribution in [2.45, 2.75) is 38.2 Å². The van der Waals surface area contributed by atoms with Crippen molar-refractivity contribution < 1.29 is 14.3 Å². The Morgan fingerprint density at radius 2 is 2.05 bits per heavy atom. The summed E-state index contributed by atoms with van der Waals surface area (Å²) < 4.78 is 12.7. The number of hydrogen-bond acceptors (Lipinski definition) is 2. The van der Waals surface area contributed by atoms with Crippen molar-refractivity contribution in [2.75, 3.05) is 6.54 Å². The molecule has 1 aliphatic carbocycles. The monoisotopic (exact) mass is 265 g/mol. The average Bonchev–Trinajstić information content (AvgIpc) is 2.81. The highest BCUT2D eigenvalue weighted by molar-refractivity contribution is 5.76. The molecule has 0 saturated heterocycles. The lowest BCUT2D eigenvalue weighted by molar-refractivity contribution is -0.121.